The molecule has 0 bridgehead atoms. The monoisotopic (exact) mass is 336 g/mol. The molecule has 104 valence electrons. The maximum absolute atomic E-state index is 11.0. The molecule has 0 saturated heterocycles. The van der Waals surface area contributed by atoms with E-state index in [0.717, 1.165) is 11.3 Å². The minimum absolute atomic E-state index is 0.0438. The molecule has 0 atom stereocenters. The summed E-state index contributed by atoms with van der Waals surface area (Å²) in [7, 11) is 1.60. The van der Waals surface area contributed by atoms with Crippen LogP contribution in [0.3, 0.4) is 0 Å². The summed E-state index contributed by atoms with van der Waals surface area (Å²) in [5.41, 5.74) is 1.52. The van der Waals surface area contributed by atoms with E-state index >= 15 is 0 Å². The Morgan fingerprint density at radius 2 is 2.10 bits per heavy atom. The molecule has 0 unspecified atom stereocenters. The SMILES string of the molecule is COc1cccc(CNc2ccc(Br)cc2[N+](=O)[O-])c1. The van der Waals surface area contributed by atoms with Crippen molar-refractivity contribution in [3.05, 3.63) is 62.6 Å². The predicted molar refractivity (Wildman–Crippen MR) is 81.1 cm³/mol. The fraction of sp³-hybridized carbons (Fsp3) is 0.143. The van der Waals surface area contributed by atoms with E-state index < -0.39 is 4.92 Å². The lowest BCUT2D eigenvalue weighted by molar-refractivity contribution is -0.384. The highest BCUT2D eigenvalue weighted by atomic mass is 79.9. The number of benzene rings is 2. The standard InChI is InChI=1S/C14H13BrN2O3/c1-20-12-4-2-3-10(7-12)9-16-13-6-5-11(15)8-14(13)17(18)19/h2-8,16H,9H2,1H3. The lowest BCUT2D eigenvalue weighted by Crippen LogP contribution is -2.02. The molecule has 1 N–H and O–H groups in total. The van der Waals surface area contributed by atoms with Crippen molar-refractivity contribution in [2.75, 3.05) is 12.4 Å². The van der Waals surface area contributed by atoms with E-state index in [1.807, 2.05) is 24.3 Å². The van der Waals surface area contributed by atoms with Gasteiger partial charge in [-0.1, -0.05) is 28.1 Å². The summed E-state index contributed by atoms with van der Waals surface area (Å²) in [5, 5.41) is 14.1. The van der Waals surface area contributed by atoms with Gasteiger partial charge < -0.3 is 10.1 Å². The Bertz CT molecular complexity index is 632. The van der Waals surface area contributed by atoms with Crippen LogP contribution in [-0.4, -0.2) is 12.0 Å². The molecule has 20 heavy (non-hydrogen) atoms. The Morgan fingerprint density at radius 1 is 1.30 bits per heavy atom. The summed E-state index contributed by atoms with van der Waals surface area (Å²) < 4.78 is 5.82. The van der Waals surface area contributed by atoms with E-state index in [1.54, 1.807) is 19.2 Å². The quantitative estimate of drug-likeness (QED) is 0.662. The Labute approximate surface area is 124 Å². The smallest absolute Gasteiger partial charge is 0.293 e. The van der Waals surface area contributed by atoms with Crippen LogP contribution in [0, 0.1) is 10.1 Å². The first-order chi connectivity index (χ1) is 9.60. The molecule has 0 amide bonds. The third-order valence-electron chi connectivity index (χ3n) is 2.77. The van der Waals surface area contributed by atoms with Gasteiger partial charge in [-0.05, 0) is 29.8 Å². The minimum Gasteiger partial charge on any atom is -0.497 e. The first-order valence-electron chi connectivity index (χ1n) is 5.91. The molecule has 0 aliphatic rings. The first-order valence-corrected chi connectivity index (χ1v) is 6.70. The topological polar surface area (TPSA) is 64.4 Å². The third-order valence-corrected chi connectivity index (χ3v) is 3.27. The van der Waals surface area contributed by atoms with Gasteiger partial charge >= 0.3 is 0 Å². The van der Waals surface area contributed by atoms with Crippen molar-refractivity contribution in [1.29, 1.82) is 0 Å². The number of nitro groups is 1. The van der Waals surface area contributed by atoms with Crippen molar-refractivity contribution in [1.82, 2.24) is 0 Å². The molecule has 2 aromatic carbocycles. The van der Waals surface area contributed by atoms with Gasteiger partial charge in [0.2, 0.25) is 0 Å². The van der Waals surface area contributed by atoms with Crippen LogP contribution in [-0.2, 0) is 6.54 Å². The van der Waals surface area contributed by atoms with Crippen molar-refractivity contribution >= 4 is 27.3 Å². The number of anilines is 1. The van der Waals surface area contributed by atoms with Crippen molar-refractivity contribution in [2.24, 2.45) is 0 Å². The molecule has 0 saturated carbocycles. The van der Waals surface area contributed by atoms with Gasteiger partial charge in [-0.25, -0.2) is 0 Å². The van der Waals surface area contributed by atoms with Gasteiger partial charge in [-0.15, -0.1) is 0 Å². The second-order valence-electron chi connectivity index (χ2n) is 4.12. The van der Waals surface area contributed by atoms with Gasteiger partial charge in [0.25, 0.3) is 5.69 Å². The van der Waals surface area contributed by atoms with Crippen LogP contribution in [0.15, 0.2) is 46.9 Å². The van der Waals surface area contributed by atoms with E-state index in [1.165, 1.54) is 6.07 Å². The van der Waals surface area contributed by atoms with E-state index in [9.17, 15) is 10.1 Å². The molecule has 0 heterocycles. The van der Waals surface area contributed by atoms with Crippen molar-refractivity contribution in [3.8, 4) is 5.75 Å². The number of ether oxygens (including phenoxy) is 1. The van der Waals surface area contributed by atoms with Gasteiger partial charge in [0.1, 0.15) is 11.4 Å². The summed E-state index contributed by atoms with van der Waals surface area (Å²) in [5.74, 6) is 0.759. The zero-order chi connectivity index (χ0) is 14.5. The second-order valence-corrected chi connectivity index (χ2v) is 5.04. The predicted octanol–water partition coefficient (Wildman–Crippen LogP) is 3.98. The number of rotatable bonds is 5. The summed E-state index contributed by atoms with van der Waals surface area (Å²) in [4.78, 5) is 10.6. The number of halogens is 1. The number of nitrogens with one attached hydrogen (secondary N) is 1. The summed E-state index contributed by atoms with van der Waals surface area (Å²) in [6.07, 6.45) is 0. The van der Waals surface area contributed by atoms with E-state index in [0.29, 0.717) is 16.7 Å². The van der Waals surface area contributed by atoms with E-state index in [-0.39, 0.29) is 5.69 Å². The fourth-order valence-electron chi connectivity index (χ4n) is 1.79. The van der Waals surface area contributed by atoms with Crippen LogP contribution < -0.4 is 10.1 Å². The molecule has 2 aromatic rings. The Kier molecular flexibility index (Phi) is 4.57. The number of nitrogens with zero attached hydrogens (tertiary/aromatic N) is 1. The number of methoxy groups -OCH3 is 1. The molecule has 6 heteroatoms. The molecule has 2 rings (SSSR count). The van der Waals surface area contributed by atoms with Crippen LogP contribution in [0.1, 0.15) is 5.56 Å². The van der Waals surface area contributed by atoms with Crippen LogP contribution >= 0.6 is 15.9 Å². The molecule has 5 nitrogen and oxygen atoms in total. The van der Waals surface area contributed by atoms with E-state index in [2.05, 4.69) is 21.2 Å². The van der Waals surface area contributed by atoms with Crippen LogP contribution in [0.25, 0.3) is 0 Å². The molecule has 0 spiro atoms. The lowest BCUT2D eigenvalue weighted by atomic mass is 10.2. The molecule has 0 aliphatic heterocycles. The van der Waals surface area contributed by atoms with Crippen molar-refractivity contribution < 1.29 is 9.66 Å². The molecule has 0 fully saturated rings. The van der Waals surface area contributed by atoms with E-state index in [4.69, 9.17) is 4.74 Å². The third kappa shape index (κ3) is 3.48. The van der Waals surface area contributed by atoms with Crippen LogP contribution in [0.4, 0.5) is 11.4 Å². The maximum Gasteiger partial charge on any atom is 0.293 e. The number of nitro benzene ring substituents is 1. The average molecular weight is 337 g/mol. The molecule has 0 aliphatic carbocycles. The Balaban J connectivity index is 2.16. The van der Waals surface area contributed by atoms with Gasteiger partial charge in [0.05, 0.1) is 12.0 Å². The molecular formula is C14H13BrN2O3. The summed E-state index contributed by atoms with van der Waals surface area (Å²) in [6, 6.07) is 12.5. The van der Waals surface area contributed by atoms with Crippen molar-refractivity contribution in [2.45, 2.75) is 6.54 Å². The highest BCUT2D eigenvalue weighted by Gasteiger charge is 2.13. The average Bonchev–Trinajstić information content (AvgIpc) is 2.46. The summed E-state index contributed by atoms with van der Waals surface area (Å²) in [6.45, 7) is 0.486. The van der Waals surface area contributed by atoms with Gasteiger partial charge in [0.15, 0.2) is 0 Å². The van der Waals surface area contributed by atoms with Crippen molar-refractivity contribution in [3.63, 3.8) is 0 Å². The van der Waals surface area contributed by atoms with Gasteiger partial charge in [-0.3, -0.25) is 10.1 Å². The summed E-state index contributed by atoms with van der Waals surface area (Å²) >= 11 is 3.23. The molecular weight excluding hydrogens is 324 g/mol. The van der Waals surface area contributed by atoms with Crippen LogP contribution in [0.2, 0.25) is 0 Å². The minimum atomic E-state index is -0.404. The number of hydrogen-bond acceptors (Lipinski definition) is 4. The Morgan fingerprint density at radius 3 is 2.80 bits per heavy atom. The van der Waals surface area contributed by atoms with Gasteiger partial charge in [-0.2, -0.15) is 0 Å². The first kappa shape index (κ1) is 14.3. The second kappa shape index (κ2) is 6.38. The highest BCUT2D eigenvalue weighted by Crippen LogP contribution is 2.28. The Hall–Kier alpha value is -2.08. The fourth-order valence-corrected chi connectivity index (χ4v) is 2.13. The highest BCUT2D eigenvalue weighted by molar-refractivity contribution is 9.10. The largest absolute Gasteiger partial charge is 0.497 e. The zero-order valence-electron chi connectivity index (χ0n) is 10.8. The molecule has 0 aromatic heterocycles. The normalized spacial score (nSPS) is 10.1. The number of hydrogen-bond donors (Lipinski definition) is 1. The van der Waals surface area contributed by atoms with Crippen LogP contribution in [0.5, 0.6) is 5.75 Å². The zero-order valence-corrected chi connectivity index (χ0v) is 12.4. The molecule has 0 radical (unpaired) electrons. The van der Waals surface area contributed by atoms with Gasteiger partial charge in [0, 0.05) is 17.1 Å². The maximum atomic E-state index is 11.0. The lowest BCUT2D eigenvalue weighted by Gasteiger charge is -2.08.